The smallest absolute Gasteiger partial charge is 0.205 e. The molecule has 0 bridgehead atoms. The molecule has 68 valence electrons. The van der Waals surface area contributed by atoms with E-state index in [2.05, 4.69) is 30.7 Å². The third kappa shape index (κ3) is 1.42. The molecule has 2 N–H and O–H groups in total. The summed E-state index contributed by atoms with van der Waals surface area (Å²) in [5.74, 6) is 0.692. The molecule has 2 heterocycles. The van der Waals surface area contributed by atoms with E-state index in [0.717, 1.165) is 5.52 Å². The van der Waals surface area contributed by atoms with Crippen molar-refractivity contribution in [1.29, 1.82) is 0 Å². The van der Waals surface area contributed by atoms with Crippen molar-refractivity contribution >= 4 is 17.0 Å². The number of imidazole rings is 1. The number of anilines is 1. The van der Waals surface area contributed by atoms with Gasteiger partial charge in [0.2, 0.25) is 5.65 Å². The molecule has 2 rings (SSSR count). The van der Waals surface area contributed by atoms with Crippen LogP contribution in [0.5, 0.6) is 0 Å². The standard InChI is InChI=1S/C7H10N6/c1-4(2)10-7-5-6(9-3-8-5)11-13-12-7/h3-4H,1-2H3,(H2,8,9,10,11,12). The molecular weight excluding hydrogens is 168 g/mol. The molecule has 0 amide bonds. The Labute approximate surface area is 74.8 Å². The van der Waals surface area contributed by atoms with Gasteiger partial charge in [0.25, 0.3) is 0 Å². The zero-order chi connectivity index (χ0) is 9.26. The van der Waals surface area contributed by atoms with E-state index in [4.69, 9.17) is 0 Å². The van der Waals surface area contributed by atoms with Crippen LogP contribution in [-0.2, 0) is 0 Å². The first kappa shape index (κ1) is 7.90. The van der Waals surface area contributed by atoms with Gasteiger partial charge < -0.3 is 10.3 Å². The molecule has 6 heteroatoms. The van der Waals surface area contributed by atoms with E-state index in [1.54, 1.807) is 6.33 Å². The van der Waals surface area contributed by atoms with E-state index in [1.165, 1.54) is 0 Å². The van der Waals surface area contributed by atoms with Gasteiger partial charge in [-0.2, -0.15) is 0 Å². The number of aromatic nitrogens is 5. The summed E-state index contributed by atoms with van der Waals surface area (Å²) in [6.45, 7) is 4.06. The molecule has 0 aliphatic heterocycles. The number of rotatable bonds is 2. The van der Waals surface area contributed by atoms with E-state index in [1.807, 2.05) is 13.8 Å². The summed E-state index contributed by atoms with van der Waals surface area (Å²) < 4.78 is 0. The lowest BCUT2D eigenvalue weighted by Crippen LogP contribution is -2.12. The summed E-state index contributed by atoms with van der Waals surface area (Å²) >= 11 is 0. The highest BCUT2D eigenvalue weighted by atomic mass is 15.4. The zero-order valence-corrected chi connectivity index (χ0v) is 7.44. The predicted octanol–water partition coefficient (Wildman–Crippen LogP) is 0.568. The minimum Gasteiger partial charge on any atom is -0.365 e. The summed E-state index contributed by atoms with van der Waals surface area (Å²) in [4.78, 5) is 6.93. The van der Waals surface area contributed by atoms with Crippen LogP contribution in [0, 0.1) is 0 Å². The van der Waals surface area contributed by atoms with Crippen molar-refractivity contribution in [3.8, 4) is 0 Å². The van der Waals surface area contributed by atoms with Crippen LogP contribution >= 0.6 is 0 Å². The molecule has 2 aromatic heterocycles. The minimum atomic E-state index is 0.309. The Morgan fingerprint density at radius 3 is 3.00 bits per heavy atom. The average Bonchev–Trinajstić information content (AvgIpc) is 2.51. The summed E-state index contributed by atoms with van der Waals surface area (Å²) in [5, 5.41) is 14.4. The monoisotopic (exact) mass is 178 g/mol. The van der Waals surface area contributed by atoms with Gasteiger partial charge in [-0.05, 0) is 19.1 Å². The Bertz CT molecular complexity index is 406. The maximum Gasteiger partial charge on any atom is 0.205 e. The Morgan fingerprint density at radius 2 is 2.23 bits per heavy atom. The number of nitrogens with one attached hydrogen (secondary N) is 2. The van der Waals surface area contributed by atoms with Crippen molar-refractivity contribution in [2.24, 2.45) is 0 Å². The molecule has 0 saturated heterocycles. The number of H-pyrrole nitrogens is 1. The molecule has 0 aromatic carbocycles. The van der Waals surface area contributed by atoms with Gasteiger partial charge in [0.1, 0.15) is 5.52 Å². The van der Waals surface area contributed by atoms with E-state index >= 15 is 0 Å². The van der Waals surface area contributed by atoms with Gasteiger partial charge in [-0.25, -0.2) is 4.98 Å². The van der Waals surface area contributed by atoms with Crippen LogP contribution in [0.1, 0.15) is 13.8 Å². The van der Waals surface area contributed by atoms with Crippen molar-refractivity contribution in [3.05, 3.63) is 6.33 Å². The average molecular weight is 178 g/mol. The van der Waals surface area contributed by atoms with Crippen molar-refractivity contribution in [2.45, 2.75) is 19.9 Å². The summed E-state index contributed by atoms with van der Waals surface area (Å²) in [5.41, 5.74) is 1.38. The molecule has 0 atom stereocenters. The molecule has 2 aromatic rings. The van der Waals surface area contributed by atoms with Crippen LogP contribution in [0.15, 0.2) is 6.33 Å². The molecule has 0 spiro atoms. The van der Waals surface area contributed by atoms with Crippen LogP contribution in [0.3, 0.4) is 0 Å². The number of hydrogen-bond donors (Lipinski definition) is 2. The topological polar surface area (TPSA) is 79.4 Å². The zero-order valence-electron chi connectivity index (χ0n) is 7.44. The van der Waals surface area contributed by atoms with Gasteiger partial charge in [-0.1, -0.05) is 0 Å². The van der Waals surface area contributed by atoms with Crippen LogP contribution in [0.25, 0.3) is 11.2 Å². The molecule has 0 aliphatic rings. The maximum atomic E-state index is 3.98. The Hall–Kier alpha value is -1.72. The first-order valence-corrected chi connectivity index (χ1v) is 4.06. The van der Waals surface area contributed by atoms with Crippen molar-refractivity contribution in [2.75, 3.05) is 5.32 Å². The van der Waals surface area contributed by atoms with Gasteiger partial charge in [-0.15, -0.1) is 10.2 Å². The van der Waals surface area contributed by atoms with Gasteiger partial charge in [0.05, 0.1) is 6.33 Å². The minimum absolute atomic E-state index is 0.309. The van der Waals surface area contributed by atoms with Crippen LogP contribution in [-0.4, -0.2) is 31.4 Å². The van der Waals surface area contributed by atoms with Crippen molar-refractivity contribution < 1.29 is 0 Å². The number of fused-ring (bicyclic) bond motifs is 1. The molecule has 0 radical (unpaired) electrons. The lowest BCUT2D eigenvalue weighted by molar-refractivity contribution is 0.844. The van der Waals surface area contributed by atoms with Crippen molar-refractivity contribution in [1.82, 2.24) is 25.4 Å². The Balaban J connectivity index is 2.48. The maximum absolute atomic E-state index is 3.98. The van der Waals surface area contributed by atoms with Crippen LogP contribution < -0.4 is 5.32 Å². The lowest BCUT2D eigenvalue weighted by Gasteiger charge is -2.07. The summed E-state index contributed by atoms with van der Waals surface area (Å²) in [6.07, 6.45) is 1.58. The molecular formula is C7H10N6. The van der Waals surface area contributed by atoms with Crippen LogP contribution in [0.2, 0.25) is 0 Å². The Morgan fingerprint density at radius 1 is 1.38 bits per heavy atom. The fourth-order valence-electron chi connectivity index (χ4n) is 1.07. The molecule has 0 aliphatic carbocycles. The summed E-state index contributed by atoms with van der Waals surface area (Å²) in [7, 11) is 0. The largest absolute Gasteiger partial charge is 0.365 e. The van der Waals surface area contributed by atoms with Crippen molar-refractivity contribution in [3.63, 3.8) is 0 Å². The predicted molar refractivity (Wildman–Crippen MR) is 48.2 cm³/mol. The second kappa shape index (κ2) is 2.96. The van der Waals surface area contributed by atoms with E-state index < -0.39 is 0 Å². The van der Waals surface area contributed by atoms with E-state index in [-0.39, 0.29) is 0 Å². The number of hydrogen-bond acceptors (Lipinski definition) is 5. The number of nitrogens with zero attached hydrogens (tertiary/aromatic N) is 4. The normalized spacial score (nSPS) is 11.0. The molecule has 0 unspecified atom stereocenters. The molecule has 0 fully saturated rings. The highest BCUT2D eigenvalue weighted by Crippen LogP contribution is 2.13. The molecule has 13 heavy (non-hydrogen) atoms. The van der Waals surface area contributed by atoms with Gasteiger partial charge in [-0.3, -0.25) is 0 Å². The van der Waals surface area contributed by atoms with E-state index in [0.29, 0.717) is 17.5 Å². The second-order valence-electron chi connectivity index (χ2n) is 3.04. The molecule has 0 saturated carbocycles. The van der Waals surface area contributed by atoms with Gasteiger partial charge >= 0.3 is 0 Å². The highest BCUT2D eigenvalue weighted by molar-refractivity contribution is 5.81. The van der Waals surface area contributed by atoms with Gasteiger partial charge in [0, 0.05) is 6.04 Å². The number of aromatic amines is 1. The lowest BCUT2D eigenvalue weighted by atomic mass is 10.4. The third-order valence-electron chi connectivity index (χ3n) is 1.57. The fraction of sp³-hybridized carbons (Fsp3) is 0.429. The molecule has 6 nitrogen and oxygen atoms in total. The van der Waals surface area contributed by atoms with E-state index in [9.17, 15) is 0 Å². The first-order chi connectivity index (χ1) is 6.27. The van der Waals surface area contributed by atoms with Crippen LogP contribution in [0.4, 0.5) is 5.82 Å². The quantitative estimate of drug-likeness (QED) is 0.702. The SMILES string of the molecule is CC(C)Nc1nnnc2nc[nH]c12. The Kier molecular flexibility index (Phi) is 1.80. The third-order valence-corrected chi connectivity index (χ3v) is 1.57. The van der Waals surface area contributed by atoms with Gasteiger partial charge in [0.15, 0.2) is 5.82 Å². The first-order valence-electron chi connectivity index (χ1n) is 4.06. The summed E-state index contributed by atoms with van der Waals surface area (Å²) in [6, 6.07) is 0.309. The highest BCUT2D eigenvalue weighted by Gasteiger charge is 2.06. The second-order valence-corrected chi connectivity index (χ2v) is 3.04. The fourth-order valence-corrected chi connectivity index (χ4v) is 1.07.